The van der Waals surface area contributed by atoms with Gasteiger partial charge in [0.1, 0.15) is 11.8 Å². The molecule has 0 radical (unpaired) electrons. The van der Waals surface area contributed by atoms with Gasteiger partial charge in [-0.25, -0.2) is 4.79 Å². The molecule has 2 rings (SSSR count). The Hall–Kier alpha value is -3.33. The van der Waals surface area contributed by atoms with Gasteiger partial charge in [-0.2, -0.15) is 5.26 Å². The van der Waals surface area contributed by atoms with Gasteiger partial charge < -0.3 is 15.2 Å². The highest BCUT2D eigenvalue weighted by molar-refractivity contribution is 6.00. The second kappa shape index (κ2) is 6.90. The Kier molecular flexibility index (Phi) is 4.73. The van der Waals surface area contributed by atoms with Crippen LogP contribution in [0, 0.1) is 11.3 Å². The number of ether oxygens (including phenoxy) is 1. The van der Waals surface area contributed by atoms with Crippen molar-refractivity contribution in [3.63, 3.8) is 0 Å². The number of nitrogens with zero attached hydrogens (tertiary/aromatic N) is 1. The maximum atomic E-state index is 11.8. The van der Waals surface area contributed by atoms with Crippen LogP contribution in [0.15, 0.2) is 48.5 Å². The quantitative estimate of drug-likeness (QED) is 0.881. The van der Waals surface area contributed by atoms with E-state index in [-0.39, 0.29) is 17.9 Å². The minimum Gasteiger partial charge on any atom is -0.482 e. The van der Waals surface area contributed by atoms with E-state index in [4.69, 9.17) is 15.1 Å². The van der Waals surface area contributed by atoms with Crippen molar-refractivity contribution in [3.8, 4) is 11.8 Å². The number of nitrogens with one attached hydrogen (secondary N) is 1. The van der Waals surface area contributed by atoms with E-state index in [1.54, 1.807) is 36.4 Å². The minimum absolute atomic E-state index is 0.00623. The maximum absolute atomic E-state index is 11.8. The molecular formula is C16H12N2O4. The molecule has 2 aromatic rings. The van der Waals surface area contributed by atoms with E-state index >= 15 is 0 Å². The van der Waals surface area contributed by atoms with E-state index in [0.717, 1.165) is 0 Å². The summed E-state index contributed by atoms with van der Waals surface area (Å²) in [5.41, 5.74) is 0.506. The number of aromatic carboxylic acids is 1. The third-order valence-electron chi connectivity index (χ3n) is 2.80. The summed E-state index contributed by atoms with van der Waals surface area (Å²) >= 11 is 0. The third-order valence-corrected chi connectivity index (χ3v) is 2.80. The second-order valence-electron chi connectivity index (χ2n) is 4.30. The molecule has 110 valence electrons. The number of rotatable bonds is 5. The number of hydrogen-bond donors (Lipinski definition) is 2. The summed E-state index contributed by atoms with van der Waals surface area (Å²) in [7, 11) is 0. The van der Waals surface area contributed by atoms with Gasteiger partial charge in [-0.1, -0.05) is 24.3 Å². The van der Waals surface area contributed by atoms with Gasteiger partial charge in [-0.15, -0.1) is 0 Å². The molecule has 0 fully saturated rings. The van der Waals surface area contributed by atoms with Crippen LogP contribution in [0.3, 0.4) is 0 Å². The molecule has 0 bridgehead atoms. The molecule has 0 heterocycles. The van der Waals surface area contributed by atoms with Gasteiger partial charge in [0.25, 0.3) is 5.91 Å². The number of para-hydroxylation sites is 2. The number of carboxylic acid groups (broad SMARTS) is 1. The number of carbonyl (C=O) groups is 2. The first-order valence-corrected chi connectivity index (χ1v) is 6.36. The normalized spacial score (nSPS) is 9.59. The fourth-order valence-corrected chi connectivity index (χ4v) is 1.79. The number of amides is 1. The predicted molar refractivity (Wildman–Crippen MR) is 78.7 cm³/mol. The summed E-state index contributed by atoms with van der Waals surface area (Å²) in [6.07, 6.45) is 0. The smallest absolute Gasteiger partial charge is 0.337 e. The van der Waals surface area contributed by atoms with Crippen LogP contribution in [0.2, 0.25) is 0 Å². The van der Waals surface area contributed by atoms with Crippen molar-refractivity contribution in [2.45, 2.75) is 0 Å². The van der Waals surface area contributed by atoms with Crippen LogP contribution < -0.4 is 10.1 Å². The first-order chi connectivity index (χ1) is 10.6. The maximum Gasteiger partial charge on any atom is 0.337 e. The van der Waals surface area contributed by atoms with Crippen LogP contribution >= 0.6 is 0 Å². The fourth-order valence-electron chi connectivity index (χ4n) is 1.79. The monoisotopic (exact) mass is 296 g/mol. The van der Waals surface area contributed by atoms with Gasteiger partial charge >= 0.3 is 5.97 Å². The van der Waals surface area contributed by atoms with Crippen molar-refractivity contribution in [3.05, 3.63) is 59.7 Å². The molecule has 0 saturated heterocycles. The highest BCUT2D eigenvalue weighted by Crippen LogP contribution is 2.17. The Balaban J connectivity index is 2.03. The van der Waals surface area contributed by atoms with Crippen LogP contribution in [-0.4, -0.2) is 23.6 Å². The Labute approximate surface area is 126 Å². The number of benzene rings is 2. The number of carboxylic acids is 1. The minimum atomic E-state index is -1.13. The molecule has 6 nitrogen and oxygen atoms in total. The Morgan fingerprint density at radius 1 is 1.14 bits per heavy atom. The highest BCUT2D eigenvalue weighted by atomic mass is 16.5. The molecule has 0 spiro atoms. The van der Waals surface area contributed by atoms with Gasteiger partial charge in [0.05, 0.1) is 16.8 Å². The van der Waals surface area contributed by atoms with Crippen molar-refractivity contribution in [1.82, 2.24) is 0 Å². The van der Waals surface area contributed by atoms with Crippen LogP contribution in [0.4, 0.5) is 5.69 Å². The summed E-state index contributed by atoms with van der Waals surface area (Å²) in [6, 6.07) is 14.6. The van der Waals surface area contributed by atoms with Gasteiger partial charge in [0, 0.05) is 0 Å². The standard InChI is InChI=1S/C16H12N2O4/c17-9-11-5-1-4-8-14(11)22-10-15(19)18-13-7-3-2-6-12(13)16(20)21/h1-8H,10H2,(H,18,19)(H,20,21). The molecule has 2 aromatic carbocycles. The van der Waals surface area contributed by atoms with E-state index in [2.05, 4.69) is 5.32 Å². The Morgan fingerprint density at radius 2 is 1.82 bits per heavy atom. The zero-order valence-electron chi connectivity index (χ0n) is 11.4. The van der Waals surface area contributed by atoms with Crippen LogP contribution in [0.25, 0.3) is 0 Å². The molecule has 1 amide bonds. The van der Waals surface area contributed by atoms with Gasteiger partial charge in [-0.05, 0) is 24.3 Å². The topological polar surface area (TPSA) is 99.4 Å². The molecule has 2 N–H and O–H groups in total. The zero-order chi connectivity index (χ0) is 15.9. The first kappa shape index (κ1) is 15.1. The van der Waals surface area contributed by atoms with Crippen LogP contribution in [-0.2, 0) is 4.79 Å². The lowest BCUT2D eigenvalue weighted by Crippen LogP contribution is -2.21. The Morgan fingerprint density at radius 3 is 2.55 bits per heavy atom. The van der Waals surface area contributed by atoms with Crippen LogP contribution in [0.5, 0.6) is 5.75 Å². The molecule has 0 aliphatic heterocycles. The largest absolute Gasteiger partial charge is 0.482 e. The third kappa shape index (κ3) is 3.61. The molecular weight excluding hydrogens is 284 g/mol. The first-order valence-electron chi connectivity index (χ1n) is 6.36. The van der Waals surface area contributed by atoms with E-state index in [1.807, 2.05) is 6.07 Å². The van der Waals surface area contributed by atoms with Gasteiger partial charge in [-0.3, -0.25) is 4.79 Å². The SMILES string of the molecule is N#Cc1ccccc1OCC(=O)Nc1ccccc1C(=O)O. The van der Waals surface area contributed by atoms with Crippen molar-refractivity contribution in [1.29, 1.82) is 5.26 Å². The lowest BCUT2D eigenvalue weighted by Gasteiger charge is -2.10. The Bertz CT molecular complexity index is 750. The average molecular weight is 296 g/mol. The van der Waals surface area contributed by atoms with E-state index in [9.17, 15) is 9.59 Å². The lowest BCUT2D eigenvalue weighted by atomic mass is 10.2. The van der Waals surface area contributed by atoms with Crippen LogP contribution in [0.1, 0.15) is 15.9 Å². The molecule has 0 saturated carbocycles. The fraction of sp³-hybridized carbons (Fsp3) is 0.0625. The zero-order valence-corrected chi connectivity index (χ0v) is 11.4. The number of nitriles is 1. The molecule has 22 heavy (non-hydrogen) atoms. The van der Waals surface area contributed by atoms with E-state index in [1.165, 1.54) is 12.1 Å². The number of hydrogen-bond acceptors (Lipinski definition) is 4. The van der Waals surface area contributed by atoms with Crippen molar-refractivity contribution >= 4 is 17.6 Å². The van der Waals surface area contributed by atoms with Crippen molar-refractivity contribution < 1.29 is 19.4 Å². The van der Waals surface area contributed by atoms with Gasteiger partial charge in [0.15, 0.2) is 6.61 Å². The molecule has 0 atom stereocenters. The van der Waals surface area contributed by atoms with Crippen molar-refractivity contribution in [2.75, 3.05) is 11.9 Å². The average Bonchev–Trinajstić information content (AvgIpc) is 2.53. The highest BCUT2D eigenvalue weighted by Gasteiger charge is 2.12. The van der Waals surface area contributed by atoms with E-state index in [0.29, 0.717) is 11.3 Å². The predicted octanol–water partition coefficient (Wildman–Crippen LogP) is 2.27. The van der Waals surface area contributed by atoms with Gasteiger partial charge in [0.2, 0.25) is 0 Å². The van der Waals surface area contributed by atoms with E-state index < -0.39 is 11.9 Å². The molecule has 0 aliphatic carbocycles. The molecule has 0 aromatic heterocycles. The molecule has 0 aliphatic rings. The second-order valence-corrected chi connectivity index (χ2v) is 4.30. The summed E-state index contributed by atoms with van der Waals surface area (Å²) in [4.78, 5) is 22.9. The summed E-state index contributed by atoms with van der Waals surface area (Å²) in [6.45, 7) is -0.327. The lowest BCUT2D eigenvalue weighted by molar-refractivity contribution is -0.118. The summed E-state index contributed by atoms with van der Waals surface area (Å²) < 4.78 is 5.28. The van der Waals surface area contributed by atoms with Crippen molar-refractivity contribution in [2.24, 2.45) is 0 Å². The summed E-state index contributed by atoms with van der Waals surface area (Å²) in [5, 5.41) is 20.4. The summed E-state index contributed by atoms with van der Waals surface area (Å²) in [5.74, 6) is -1.35. The molecule has 0 unspecified atom stereocenters. The number of anilines is 1. The number of carbonyl (C=O) groups excluding carboxylic acids is 1. The molecule has 6 heteroatoms.